The van der Waals surface area contributed by atoms with Crippen LogP contribution < -0.4 is 0 Å². The summed E-state index contributed by atoms with van der Waals surface area (Å²) in [5.74, 6) is -1.50. The smallest absolute Gasteiger partial charge is 0.380 e. The fraction of sp³-hybridized carbons (Fsp3) is 0.286. The van der Waals surface area contributed by atoms with Gasteiger partial charge in [0.15, 0.2) is 0 Å². The third kappa shape index (κ3) is 5.27. The average molecular weight is 314 g/mol. The van der Waals surface area contributed by atoms with Gasteiger partial charge in [0, 0.05) is 30.2 Å². The van der Waals surface area contributed by atoms with Crippen LogP contribution in [-0.4, -0.2) is 37.4 Å². The van der Waals surface area contributed by atoms with Gasteiger partial charge in [-0.15, -0.1) is 0 Å². The molecule has 0 aliphatic carbocycles. The number of thioether (sulfide) groups is 1. The van der Waals surface area contributed by atoms with Crippen molar-refractivity contribution in [1.82, 2.24) is 4.90 Å². The van der Waals surface area contributed by atoms with Gasteiger partial charge in [0.25, 0.3) is 5.78 Å². The molecular formula is C14H16ClNO3S. The van der Waals surface area contributed by atoms with Crippen molar-refractivity contribution < 1.29 is 14.3 Å². The van der Waals surface area contributed by atoms with Crippen molar-refractivity contribution in [2.75, 3.05) is 20.7 Å². The maximum atomic E-state index is 12.0. The monoisotopic (exact) mass is 313 g/mol. The van der Waals surface area contributed by atoms with Crippen LogP contribution in [0.2, 0.25) is 5.02 Å². The summed E-state index contributed by atoms with van der Waals surface area (Å²) in [5.41, 5.74) is 0. The summed E-state index contributed by atoms with van der Waals surface area (Å²) in [5, 5.41) is 0.615. The molecule has 1 aromatic carbocycles. The number of ether oxygens (including phenoxy) is 1. The molecule has 0 unspecified atom stereocenters. The van der Waals surface area contributed by atoms with E-state index in [1.165, 1.54) is 11.8 Å². The minimum absolute atomic E-state index is 0.172. The number of benzene rings is 1. The van der Waals surface area contributed by atoms with E-state index in [-0.39, 0.29) is 6.61 Å². The predicted octanol–water partition coefficient (Wildman–Crippen LogP) is 2.97. The van der Waals surface area contributed by atoms with E-state index >= 15 is 0 Å². The van der Waals surface area contributed by atoms with Gasteiger partial charge in [-0.05, 0) is 31.2 Å². The van der Waals surface area contributed by atoms with Gasteiger partial charge in [-0.25, -0.2) is 4.79 Å². The largest absolute Gasteiger partial charge is 0.460 e. The molecule has 0 aliphatic heterocycles. The number of Topliss-reactive ketones (excluding diaryl/α,β-unsaturated/α-hetero) is 1. The average Bonchev–Trinajstić information content (AvgIpc) is 2.39. The molecule has 0 fully saturated rings. The summed E-state index contributed by atoms with van der Waals surface area (Å²) in [6.45, 7) is 1.83. The number of rotatable bonds is 6. The number of esters is 1. The van der Waals surface area contributed by atoms with Gasteiger partial charge in [0.1, 0.15) is 0 Å². The van der Waals surface area contributed by atoms with Crippen molar-refractivity contribution >= 4 is 35.1 Å². The maximum Gasteiger partial charge on any atom is 0.380 e. The highest BCUT2D eigenvalue weighted by atomic mass is 35.5. The fourth-order valence-electron chi connectivity index (χ4n) is 1.29. The minimum atomic E-state index is -0.845. The van der Waals surface area contributed by atoms with Crippen LogP contribution in [0.3, 0.4) is 0 Å². The van der Waals surface area contributed by atoms with E-state index in [9.17, 15) is 9.59 Å². The maximum absolute atomic E-state index is 12.0. The second-order valence-corrected chi connectivity index (χ2v) is 5.61. The molecule has 0 N–H and O–H groups in total. The molecule has 0 heterocycles. The molecule has 0 saturated heterocycles. The van der Waals surface area contributed by atoms with Crippen molar-refractivity contribution in [3.63, 3.8) is 0 Å². The van der Waals surface area contributed by atoms with E-state index in [0.29, 0.717) is 9.93 Å². The number of hydrogen-bond acceptors (Lipinski definition) is 5. The fourth-order valence-corrected chi connectivity index (χ4v) is 2.38. The second kappa shape index (κ2) is 7.97. The molecule has 6 heteroatoms. The van der Waals surface area contributed by atoms with E-state index in [1.807, 2.05) is 0 Å². The van der Waals surface area contributed by atoms with Gasteiger partial charge in [-0.1, -0.05) is 23.4 Å². The zero-order valence-corrected chi connectivity index (χ0v) is 13.1. The van der Waals surface area contributed by atoms with Gasteiger partial charge in [0.05, 0.1) is 11.5 Å². The Hall–Kier alpha value is -1.46. The van der Waals surface area contributed by atoms with Gasteiger partial charge < -0.3 is 9.64 Å². The Bertz CT molecular complexity index is 512. The first-order valence-electron chi connectivity index (χ1n) is 5.97. The molecule has 0 aliphatic rings. The molecule has 0 bridgehead atoms. The summed E-state index contributed by atoms with van der Waals surface area (Å²) in [7, 11) is 3.56. The number of ketones is 1. The van der Waals surface area contributed by atoms with E-state index in [1.54, 1.807) is 56.4 Å². The highest BCUT2D eigenvalue weighted by Crippen LogP contribution is 2.28. The second-order valence-electron chi connectivity index (χ2n) is 4.06. The molecular weight excluding hydrogens is 298 g/mol. The molecule has 4 nitrogen and oxygen atoms in total. The number of carbonyl (C=O) groups excluding carboxylic acids is 2. The highest BCUT2D eigenvalue weighted by molar-refractivity contribution is 8.04. The Kier molecular flexibility index (Phi) is 6.61. The SMILES string of the molecule is CCOC(=O)C(=O)/C(=C\N(C)C)Sc1ccc(Cl)cc1. The molecule has 0 amide bonds. The van der Waals surface area contributed by atoms with Crippen molar-refractivity contribution in [3.05, 3.63) is 40.4 Å². The Balaban J connectivity index is 2.93. The van der Waals surface area contributed by atoms with Crippen LogP contribution in [0.4, 0.5) is 0 Å². The normalized spacial score (nSPS) is 11.1. The zero-order chi connectivity index (χ0) is 15.1. The van der Waals surface area contributed by atoms with Crippen LogP contribution >= 0.6 is 23.4 Å². The molecule has 108 valence electrons. The first-order valence-corrected chi connectivity index (χ1v) is 7.16. The zero-order valence-electron chi connectivity index (χ0n) is 11.6. The standard InChI is InChI=1S/C14H16ClNO3S/c1-4-19-14(18)13(17)12(9-16(2)3)20-11-7-5-10(15)6-8-11/h5-9H,4H2,1-3H3/b12-9+. The summed E-state index contributed by atoms with van der Waals surface area (Å²) < 4.78 is 4.74. The van der Waals surface area contributed by atoms with Crippen LogP contribution in [0.25, 0.3) is 0 Å². The Morgan fingerprint density at radius 1 is 1.30 bits per heavy atom. The molecule has 1 aromatic rings. The van der Waals surface area contributed by atoms with Gasteiger partial charge in [0.2, 0.25) is 0 Å². The molecule has 0 aromatic heterocycles. The Labute approximate surface area is 127 Å². The lowest BCUT2D eigenvalue weighted by molar-refractivity contribution is -0.151. The topological polar surface area (TPSA) is 46.6 Å². The number of nitrogens with zero attached hydrogens (tertiary/aromatic N) is 1. The van der Waals surface area contributed by atoms with Crippen molar-refractivity contribution in [3.8, 4) is 0 Å². The van der Waals surface area contributed by atoms with Crippen LogP contribution in [0.5, 0.6) is 0 Å². The molecule has 0 spiro atoms. The number of carbonyl (C=O) groups is 2. The molecule has 0 atom stereocenters. The summed E-state index contributed by atoms with van der Waals surface area (Å²) in [6, 6.07) is 7.03. The first-order chi connectivity index (χ1) is 9.43. The molecule has 1 rings (SSSR count). The third-order valence-corrected chi connectivity index (χ3v) is 3.37. The lowest BCUT2D eigenvalue weighted by Gasteiger charge is -2.10. The molecule has 20 heavy (non-hydrogen) atoms. The van der Waals surface area contributed by atoms with Crippen molar-refractivity contribution in [2.45, 2.75) is 11.8 Å². The lowest BCUT2D eigenvalue weighted by Crippen LogP contribution is -2.19. The quantitative estimate of drug-likeness (QED) is 0.350. The van der Waals surface area contributed by atoms with Crippen molar-refractivity contribution in [2.24, 2.45) is 0 Å². The van der Waals surface area contributed by atoms with Crippen molar-refractivity contribution in [1.29, 1.82) is 0 Å². The number of hydrogen-bond donors (Lipinski definition) is 0. The van der Waals surface area contributed by atoms with Crippen LogP contribution in [0, 0.1) is 0 Å². The highest BCUT2D eigenvalue weighted by Gasteiger charge is 2.21. The van der Waals surface area contributed by atoms with Crippen LogP contribution in [-0.2, 0) is 14.3 Å². The van der Waals surface area contributed by atoms with E-state index in [0.717, 1.165) is 4.90 Å². The lowest BCUT2D eigenvalue weighted by atomic mass is 10.3. The van der Waals surface area contributed by atoms with Gasteiger partial charge in [-0.2, -0.15) is 0 Å². The van der Waals surface area contributed by atoms with E-state index in [4.69, 9.17) is 16.3 Å². The third-order valence-electron chi connectivity index (χ3n) is 2.10. The molecule has 0 radical (unpaired) electrons. The van der Waals surface area contributed by atoms with Gasteiger partial charge >= 0.3 is 5.97 Å². The summed E-state index contributed by atoms with van der Waals surface area (Å²) in [4.78, 5) is 26.4. The Morgan fingerprint density at radius 2 is 1.90 bits per heavy atom. The Morgan fingerprint density at radius 3 is 2.40 bits per heavy atom. The first kappa shape index (κ1) is 16.6. The minimum Gasteiger partial charge on any atom is -0.460 e. The van der Waals surface area contributed by atoms with E-state index < -0.39 is 11.8 Å². The summed E-state index contributed by atoms with van der Waals surface area (Å²) >= 11 is 7.01. The molecule has 0 saturated carbocycles. The summed E-state index contributed by atoms with van der Waals surface area (Å²) in [6.07, 6.45) is 1.60. The van der Waals surface area contributed by atoms with E-state index in [2.05, 4.69) is 0 Å². The van der Waals surface area contributed by atoms with Gasteiger partial charge in [-0.3, -0.25) is 4.79 Å². The van der Waals surface area contributed by atoms with Crippen LogP contribution in [0.15, 0.2) is 40.3 Å². The number of halogens is 1. The van der Waals surface area contributed by atoms with Crippen LogP contribution in [0.1, 0.15) is 6.92 Å². The predicted molar refractivity (Wildman–Crippen MR) is 80.7 cm³/mol.